The van der Waals surface area contributed by atoms with Gasteiger partial charge in [0.25, 0.3) is 11.2 Å². The molecule has 4 rings (SSSR count). The maximum Gasteiger partial charge on any atom is 0.480 e. The number of ether oxygens (including phenoxy) is 1. The standard InChI is InChI=1S/C19H25N6O15P3/c1-9(10-4-2-3-5-11(10)25(29)30)39-43(35,36)40-42(33,34)8-41(31,32)37-6-12-14(26)15(27)18(38-12)24-7-21-13-16(24)22-19(20)23-17(13)28/h2-5,7,9,12,14-15,18,26-27H,6,8H2,1H3,(H,31,32)(H,33,34)(H,35,36)(H3,20,22,23,28)/t9?,12-,14-,15-,18-/m1/s1. The average Bonchev–Trinajstić information content (AvgIpc) is 3.41. The van der Waals surface area contributed by atoms with Gasteiger partial charge >= 0.3 is 23.0 Å². The summed E-state index contributed by atoms with van der Waals surface area (Å²) in [6.07, 6.45) is -6.79. The lowest BCUT2D eigenvalue weighted by atomic mass is 10.1. The first kappa shape index (κ1) is 33.0. The van der Waals surface area contributed by atoms with Crippen LogP contribution in [0.15, 0.2) is 35.4 Å². The monoisotopic (exact) mass is 670 g/mol. The summed E-state index contributed by atoms with van der Waals surface area (Å²) < 4.78 is 57.7. The minimum Gasteiger partial charge on any atom is -0.387 e. The van der Waals surface area contributed by atoms with E-state index in [-0.39, 0.29) is 22.7 Å². The molecule has 0 bridgehead atoms. The van der Waals surface area contributed by atoms with E-state index in [4.69, 9.17) is 19.5 Å². The molecule has 43 heavy (non-hydrogen) atoms. The number of aromatic amines is 1. The summed E-state index contributed by atoms with van der Waals surface area (Å²) in [4.78, 5) is 62.5. The number of aliphatic hydroxyl groups is 2. The van der Waals surface area contributed by atoms with Crippen molar-refractivity contribution in [2.45, 2.75) is 37.6 Å². The maximum absolute atomic E-state index is 12.5. The van der Waals surface area contributed by atoms with E-state index >= 15 is 0 Å². The molecular weight excluding hydrogens is 645 g/mol. The van der Waals surface area contributed by atoms with Crippen LogP contribution in [0.3, 0.4) is 0 Å². The summed E-state index contributed by atoms with van der Waals surface area (Å²) in [6.45, 7) is 0.189. The summed E-state index contributed by atoms with van der Waals surface area (Å²) in [7, 11) is -16.0. The molecule has 0 aliphatic carbocycles. The van der Waals surface area contributed by atoms with Gasteiger partial charge in [0, 0.05) is 6.07 Å². The molecule has 1 aliphatic rings. The number of hydrogen-bond acceptors (Lipinski definition) is 15. The number of fused-ring (bicyclic) bond motifs is 1. The average molecular weight is 670 g/mol. The van der Waals surface area contributed by atoms with Gasteiger partial charge in [0.15, 0.2) is 23.3 Å². The lowest BCUT2D eigenvalue weighted by molar-refractivity contribution is -0.386. The topological polar surface area (TPSA) is 322 Å². The number of imidazole rings is 1. The number of aliphatic hydroxyl groups excluding tert-OH is 2. The fourth-order valence-corrected chi connectivity index (χ4v) is 9.28. The molecule has 4 unspecified atom stereocenters. The van der Waals surface area contributed by atoms with Gasteiger partial charge in [-0.05, 0) is 13.0 Å². The number of anilines is 1. The number of nitro groups is 1. The highest BCUT2D eigenvalue weighted by Gasteiger charge is 2.47. The van der Waals surface area contributed by atoms with E-state index in [9.17, 15) is 53.5 Å². The number of rotatable bonds is 12. The van der Waals surface area contributed by atoms with E-state index in [1.807, 2.05) is 0 Å². The number of para-hydroxylation sites is 1. The van der Waals surface area contributed by atoms with E-state index < -0.39 is 82.3 Å². The second-order valence-corrected chi connectivity index (χ2v) is 14.9. The Hall–Kier alpha value is -2.90. The number of aromatic nitrogens is 4. The highest BCUT2D eigenvalue weighted by molar-refractivity contribution is 7.74. The Morgan fingerprint density at radius 3 is 2.53 bits per heavy atom. The minimum absolute atomic E-state index is 0.114. The number of nitrogens with one attached hydrogen (secondary N) is 1. The van der Waals surface area contributed by atoms with Crippen LogP contribution in [0.2, 0.25) is 0 Å². The van der Waals surface area contributed by atoms with Crippen LogP contribution in [0.4, 0.5) is 11.6 Å². The van der Waals surface area contributed by atoms with Crippen molar-refractivity contribution in [3.63, 3.8) is 0 Å². The normalized spacial score (nSPS) is 25.5. The molecule has 1 fully saturated rings. The van der Waals surface area contributed by atoms with Crippen LogP contribution in [0.25, 0.3) is 11.2 Å². The first-order chi connectivity index (χ1) is 19.9. The lowest BCUT2D eigenvalue weighted by Gasteiger charge is -2.22. The molecule has 1 aromatic carbocycles. The van der Waals surface area contributed by atoms with Gasteiger partial charge in [-0.25, -0.2) is 13.9 Å². The zero-order chi connectivity index (χ0) is 31.9. The van der Waals surface area contributed by atoms with E-state index in [1.165, 1.54) is 18.2 Å². The first-order valence-electron chi connectivity index (χ1n) is 11.9. The van der Waals surface area contributed by atoms with Crippen molar-refractivity contribution < 1.29 is 61.6 Å². The Balaban J connectivity index is 1.39. The van der Waals surface area contributed by atoms with Crippen molar-refractivity contribution in [2.24, 2.45) is 0 Å². The summed E-state index contributed by atoms with van der Waals surface area (Å²) in [6, 6.07) is 5.00. The molecular formula is C19H25N6O15P3. The Morgan fingerprint density at radius 1 is 1.19 bits per heavy atom. The van der Waals surface area contributed by atoms with Crippen LogP contribution < -0.4 is 11.3 Å². The maximum atomic E-state index is 12.5. The molecule has 8 atom stereocenters. The molecule has 0 amide bonds. The van der Waals surface area contributed by atoms with Crippen LogP contribution in [0.5, 0.6) is 0 Å². The van der Waals surface area contributed by atoms with E-state index in [0.29, 0.717) is 0 Å². The van der Waals surface area contributed by atoms with Crippen LogP contribution >= 0.6 is 23.0 Å². The van der Waals surface area contributed by atoms with E-state index in [1.54, 1.807) is 0 Å². The predicted octanol–water partition coefficient (Wildman–Crippen LogP) is 0.469. The molecule has 0 saturated carbocycles. The molecule has 0 spiro atoms. The fourth-order valence-electron chi connectivity index (χ4n) is 4.14. The zero-order valence-corrected chi connectivity index (χ0v) is 24.4. The van der Waals surface area contributed by atoms with E-state index in [2.05, 4.69) is 19.3 Å². The first-order valence-corrected chi connectivity index (χ1v) is 16.9. The van der Waals surface area contributed by atoms with Gasteiger partial charge in [0.05, 0.1) is 29.5 Å². The van der Waals surface area contributed by atoms with Crippen molar-refractivity contribution in [3.05, 3.63) is 56.6 Å². The molecule has 3 aromatic rings. The number of phosphoric acid groups is 1. The SMILES string of the molecule is CC(OP(=O)(O)OP(=O)(O)CP(=O)(O)OC[C@H]1O[C@@H](n2cnc3c(=O)[nH]c(N)nc32)[C@H](O)[C@@H]1O)c1ccccc1[N+](=O)[O-]. The number of nitrogen functional groups attached to an aromatic ring is 1. The molecule has 0 radical (unpaired) electrons. The molecule has 24 heteroatoms. The fraction of sp³-hybridized carbons (Fsp3) is 0.421. The van der Waals surface area contributed by atoms with Gasteiger partial charge in [-0.1, -0.05) is 12.1 Å². The number of nitro benzene ring substituents is 1. The quantitative estimate of drug-likeness (QED) is 0.0782. The summed E-state index contributed by atoms with van der Waals surface area (Å²) >= 11 is 0. The number of hydrogen-bond donors (Lipinski definition) is 7. The smallest absolute Gasteiger partial charge is 0.387 e. The third-order valence-corrected chi connectivity index (χ3v) is 11.8. The van der Waals surface area contributed by atoms with Crippen LogP contribution in [-0.4, -0.2) is 80.2 Å². The predicted molar refractivity (Wildman–Crippen MR) is 142 cm³/mol. The number of nitrogens with zero attached hydrogens (tertiary/aromatic N) is 4. The summed E-state index contributed by atoms with van der Waals surface area (Å²) in [5, 5.41) is 32.1. The van der Waals surface area contributed by atoms with Crippen LogP contribution in [-0.2, 0) is 31.8 Å². The van der Waals surface area contributed by atoms with Gasteiger partial charge in [0.1, 0.15) is 18.3 Å². The Labute approximate surface area is 239 Å². The van der Waals surface area contributed by atoms with Crippen LogP contribution in [0.1, 0.15) is 24.8 Å². The van der Waals surface area contributed by atoms with Crippen molar-refractivity contribution >= 4 is 45.8 Å². The van der Waals surface area contributed by atoms with Crippen molar-refractivity contribution in [1.82, 2.24) is 19.5 Å². The van der Waals surface area contributed by atoms with Gasteiger partial charge in [0.2, 0.25) is 5.95 Å². The number of benzene rings is 1. The Bertz CT molecular complexity index is 1730. The van der Waals surface area contributed by atoms with Gasteiger partial charge < -0.3 is 39.9 Å². The number of H-pyrrole nitrogens is 1. The lowest BCUT2D eigenvalue weighted by Crippen LogP contribution is -2.33. The van der Waals surface area contributed by atoms with Crippen molar-refractivity contribution in [3.8, 4) is 0 Å². The van der Waals surface area contributed by atoms with Crippen molar-refractivity contribution in [1.29, 1.82) is 0 Å². The largest absolute Gasteiger partial charge is 0.480 e. The Morgan fingerprint density at radius 2 is 1.86 bits per heavy atom. The summed E-state index contributed by atoms with van der Waals surface area (Å²) in [5.41, 5.74) is 3.91. The summed E-state index contributed by atoms with van der Waals surface area (Å²) in [5.74, 6) is -2.00. The highest BCUT2D eigenvalue weighted by Crippen LogP contribution is 2.67. The zero-order valence-electron chi connectivity index (χ0n) is 21.7. The second-order valence-electron chi connectivity index (χ2n) is 9.15. The number of nitrogens with two attached hydrogens (primary N) is 1. The van der Waals surface area contributed by atoms with Gasteiger partial charge in [-0.15, -0.1) is 0 Å². The molecule has 1 aliphatic heterocycles. The third kappa shape index (κ3) is 7.61. The third-order valence-electron chi connectivity index (χ3n) is 5.95. The van der Waals surface area contributed by atoms with E-state index in [0.717, 1.165) is 23.9 Å². The minimum atomic E-state index is -5.46. The van der Waals surface area contributed by atoms with Crippen LogP contribution in [0, 0.1) is 10.1 Å². The molecule has 3 heterocycles. The van der Waals surface area contributed by atoms with Gasteiger partial charge in [-0.2, -0.15) is 4.98 Å². The molecule has 2 aromatic heterocycles. The second kappa shape index (κ2) is 12.2. The molecule has 21 nitrogen and oxygen atoms in total. The number of phosphoric ester groups is 1. The van der Waals surface area contributed by atoms with Crippen molar-refractivity contribution in [2.75, 3.05) is 18.2 Å². The highest BCUT2D eigenvalue weighted by atomic mass is 31.3. The van der Waals surface area contributed by atoms with Gasteiger partial charge in [-0.3, -0.25) is 38.1 Å². The molecule has 1 saturated heterocycles. The molecule has 8 N–H and O–H groups in total. The molecule has 236 valence electrons. The Kier molecular flexibility index (Phi) is 9.39.